The first-order valence-corrected chi connectivity index (χ1v) is 16.0. The molecule has 0 rings (SSSR count). The summed E-state index contributed by atoms with van der Waals surface area (Å²) < 4.78 is 40.2. The van der Waals surface area contributed by atoms with Gasteiger partial charge in [-0.3, -0.25) is 14.1 Å². The van der Waals surface area contributed by atoms with Gasteiger partial charge in [0, 0.05) is 0 Å². The molecule has 0 aromatic carbocycles. The minimum absolute atomic E-state index is 0. The monoisotopic (exact) mass is 541 g/mol. The Labute approximate surface area is 239 Å². The average Bonchev–Trinajstić information content (AvgIpc) is 2.81. The predicted octanol–water partition coefficient (Wildman–Crippen LogP) is 5.12. The van der Waals surface area contributed by atoms with Gasteiger partial charge >= 0.3 is 41.2 Å². The zero-order chi connectivity index (χ0) is 26.9. The van der Waals surface area contributed by atoms with E-state index < -0.39 is 28.3 Å². The third kappa shape index (κ3) is 28.3. The zero-order valence-corrected chi connectivity index (χ0v) is 25.0. The molecule has 0 spiro atoms. The van der Waals surface area contributed by atoms with E-state index in [9.17, 15) is 18.0 Å². The van der Waals surface area contributed by atoms with E-state index in [1.165, 1.54) is 83.5 Å². The molecule has 1 unspecified atom stereocenters. The Balaban J connectivity index is 0. The van der Waals surface area contributed by atoms with Crippen LogP contribution >= 0.6 is 0 Å². The first kappa shape index (κ1) is 38.6. The van der Waals surface area contributed by atoms with Crippen LogP contribution in [0.2, 0.25) is 0 Å². The minimum atomic E-state index is -4.90. The Bertz CT molecular complexity index is 640. The van der Waals surface area contributed by atoms with Crippen molar-refractivity contribution in [3.63, 3.8) is 0 Å². The normalized spacial score (nSPS) is 12.1. The summed E-state index contributed by atoms with van der Waals surface area (Å²) in [5.74, 6) is -2.55. The minimum Gasteiger partial charge on any atom is -0.466 e. The Morgan fingerprint density at radius 3 is 1.43 bits per heavy atom. The molecular weight excluding hydrogens is 487 g/mol. The van der Waals surface area contributed by atoms with Crippen molar-refractivity contribution in [1.82, 2.24) is 0 Å². The van der Waals surface area contributed by atoms with Crippen molar-refractivity contribution < 1.29 is 50.3 Å². The fraction of sp³-hybridized carbons (Fsp3) is 0.929. The van der Waals surface area contributed by atoms with Gasteiger partial charge in [0.05, 0.1) is 18.9 Å². The summed E-state index contributed by atoms with van der Waals surface area (Å²) in [7, 11) is -4.90. The maximum Gasteiger partial charge on any atom is 1.00 e. The maximum absolute atomic E-state index is 12.2. The Morgan fingerprint density at radius 1 is 0.649 bits per heavy atom. The zero-order valence-electron chi connectivity index (χ0n) is 24.1. The number of rotatable bonds is 26. The third-order valence-corrected chi connectivity index (χ3v) is 6.98. The summed E-state index contributed by atoms with van der Waals surface area (Å²) in [5.41, 5.74) is 0. The quantitative estimate of drug-likeness (QED) is 0.0701. The number of carbonyl (C=O) groups excluding carboxylic acids is 2. The molecule has 9 heteroatoms. The molecule has 0 aromatic rings. The van der Waals surface area contributed by atoms with Crippen molar-refractivity contribution in [2.24, 2.45) is 5.92 Å². The smallest absolute Gasteiger partial charge is 0.466 e. The van der Waals surface area contributed by atoms with Crippen LogP contribution in [0.4, 0.5) is 0 Å². The van der Waals surface area contributed by atoms with Crippen LogP contribution in [0.25, 0.3) is 0 Å². The van der Waals surface area contributed by atoms with Gasteiger partial charge in [-0.2, -0.15) is 8.42 Å². The van der Waals surface area contributed by atoms with Gasteiger partial charge in [-0.25, -0.2) is 0 Å². The van der Waals surface area contributed by atoms with Crippen molar-refractivity contribution >= 4 is 22.3 Å². The molecule has 0 saturated heterocycles. The second kappa shape index (κ2) is 27.0. The molecule has 0 saturated carbocycles. The first-order valence-electron chi connectivity index (χ1n) is 14.7. The molecule has 0 aliphatic rings. The third-order valence-electron chi connectivity index (χ3n) is 6.60. The number of hydrogen-bond donors (Lipinski definition) is 1. The van der Waals surface area contributed by atoms with Crippen LogP contribution in [0.1, 0.15) is 155 Å². The van der Waals surface area contributed by atoms with Crippen molar-refractivity contribution in [3.05, 3.63) is 0 Å². The summed E-state index contributed by atoms with van der Waals surface area (Å²) in [6, 6.07) is 0. The molecule has 1 N–H and O–H groups in total. The van der Waals surface area contributed by atoms with Crippen LogP contribution < -0.4 is 18.9 Å². The van der Waals surface area contributed by atoms with Gasteiger partial charge in [-0.05, 0) is 12.8 Å². The molecule has 0 fully saturated rings. The van der Waals surface area contributed by atoms with E-state index in [0.717, 1.165) is 38.5 Å². The summed E-state index contributed by atoms with van der Waals surface area (Å²) >= 11 is 0. The van der Waals surface area contributed by atoms with E-state index in [4.69, 9.17) is 9.29 Å². The molecule has 0 aliphatic heterocycles. The molecule has 0 heterocycles. The Hall–Kier alpha value is -0.553. The summed E-state index contributed by atoms with van der Waals surface area (Å²) in [6.07, 6.45) is 23.3. The molecule has 0 aliphatic carbocycles. The molecule has 7 nitrogen and oxygen atoms in total. The van der Waals surface area contributed by atoms with Gasteiger partial charge < -0.3 is 8.92 Å². The molecule has 0 aromatic heterocycles. The van der Waals surface area contributed by atoms with Gasteiger partial charge in [0.1, 0.15) is 0 Å². The molecule has 0 amide bonds. The molecular formula is C28H54LiO7S+. The standard InChI is InChI=1S/C28H54O7S.Li/c1-3-5-7-9-11-13-15-17-19-21-23-26(28(30)35-36(31,32)33)25-27(29)34-24-22-20-18-16-14-12-10-8-6-4-2;/h26H,3-25H2,1-2H3,(H,31,32,33);/q;+1. The number of unbranched alkanes of at least 4 members (excludes halogenated alkanes) is 18. The summed E-state index contributed by atoms with van der Waals surface area (Å²) in [5, 5.41) is 0. The second-order valence-electron chi connectivity index (χ2n) is 10.1. The SMILES string of the molecule is CCCCCCCCCCCCOC(=O)CC(CCCCCCCCCCCC)C(=O)OS(=O)(=O)O.[Li+]. The van der Waals surface area contributed by atoms with Gasteiger partial charge in [0.2, 0.25) is 0 Å². The number of ether oxygens (including phenoxy) is 1. The second-order valence-corrected chi connectivity index (χ2v) is 11.1. The predicted molar refractivity (Wildman–Crippen MR) is 145 cm³/mol. The van der Waals surface area contributed by atoms with E-state index in [1.54, 1.807) is 0 Å². The summed E-state index contributed by atoms with van der Waals surface area (Å²) in [4.78, 5) is 24.4. The van der Waals surface area contributed by atoms with Crippen molar-refractivity contribution in [1.29, 1.82) is 0 Å². The van der Waals surface area contributed by atoms with Gasteiger partial charge in [0.25, 0.3) is 0 Å². The number of hydrogen-bond acceptors (Lipinski definition) is 6. The number of carbonyl (C=O) groups is 2. The van der Waals surface area contributed by atoms with Crippen LogP contribution in [0.15, 0.2) is 0 Å². The Kier molecular flexibility index (Phi) is 28.2. The molecule has 1 atom stereocenters. The van der Waals surface area contributed by atoms with Crippen LogP contribution in [-0.2, 0) is 28.9 Å². The van der Waals surface area contributed by atoms with E-state index >= 15 is 0 Å². The Morgan fingerprint density at radius 2 is 1.03 bits per heavy atom. The van der Waals surface area contributed by atoms with Crippen LogP contribution in [0.3, 0.4) is 0 Å². The van der Waals surface area contributed by atoms with Crippen LogP contribution in [0.5, 0.6) is 0 Å². The van der Waals surface area contributed by atoms with E-state index in [0.29, 0.717) is 19.4 Å². The molecule has 214 valence electrons. The molecule has 37 heavy (non-hydrogen) atoms. The van der Waals surface area contributed by atoms with E-state index in [1.807, 2.05) is 0 Å². The van der Waals surface area contributed by atoms with Crippen molar-refractivity contribution in [3.8, 4) is 0 Å². The van der Waals surface area contributed by atoms with Crippen molar-refractivity contribution in [2.75, 3.05) is 6.61 Å². The maximum atomic E-state index is 12.2. The van der Waals surface area contributed by atoms with Gasteiger partial charge in [0.15, 0.2) is 0 Å². The van der Waals surface area contributed by atoms with E-state index in [2.05, 4.69) is 18.0 Å². The number of esters is 1. The average molecular weight is 542 g/mol. The van der Waals surface area contributed by atoms with Crippen LogP contribution in [-0.4, -0.2) is 31.5 Å². The van der Waals surface area contributed by atoms with Gasteiger partial charge in [-0.1, -0.05) is 136 Å². The molecule has 0 bridgehead atoms. The van der Waals surface area contributed by atoms with Crippen molar-refractivity contribution in [2.45, 2.75) is 155 Å². The molecule has 0 radical (unpaired) electrons. The first-order chi connectivity index (χ1) is 17.3. The van der Waals surface area contributed by atoms with E-state index in [-0.39, 0.29) is 25.3 Å². The fourth-order valence-electron chi connectivity index (χ4n) is 4.39. The topological polar surface area (TPSA) is 107 Å². The van der Waals surface area contributed by atoms with Crippen LogP contribution in [0, 0.1) is 5.92 Å². The largest absolute Gasteiger partial charge is 1.00 e. The van der Waals surface area contributed by atoms with Gasteiger partial charge in [-0.15, -0.1) is 0 Å². The summed E-state index contributed by atoms with van der Waals surface area (Å²) in [6.45, 7) is 4.72. The fourth-order valence-corrected chi connectivity index (χ4v) is 4.73.